The summed E-state index contributed by atoms with van der Waals surface area (Å²) in [4.78, 5) is 13.4. The van der Waals surface area contributed by atoms with Crippen LogP contribution in [0.15, 0.2) is 77.0 Å². The third-order valence-corrected chi connectivity index (χ3v) is 5.09. The summed E-state index contributed by atoms with van der Waals surface area (Å²) in [5.41, 5.74) is 2.06. The van der Waals surface area contributed by atoms with Crippen LogP contribution in [0.25, 0.3) is 4.96 Å². The van der Waals surface area contributed by atoms with Crippen LogP contribution in [0.4, 0.5) is 0 Å². The molecule has 0 unspecified atom stereocenters. The molecule has 2 heterocycles. The van der Waals surface area contributed by atoms with Crippen LogP contribution in [0.1, 0.15) is 16.7 Å². The molecule has 25 heavy (non-hydrogen) atoms. The fourth-order valence-electron chi connectivity index (χ4n) is 2.96. The van der Waals surface area contributed by atoms with E-state index in [4.69, 9.17) is 0 Å². The molecule has 0 spiro atoms. The first-order valence-corrected chi connectivity index (χ1v) is 8.91. The molecule has 0 atom stereocenters. The van der Waals surface area contributed by atoms with E-state index in [2.05, 4.69) is 0 Å². The lowest BCUT2D eigenvalue weighted by Gasteiger charge is -2.15. The molecule has 0 aliphatic carbocycles. The lowest BCUT2D eigenvalue weighted by molar-refractivity contribution is -0.707. The Kier molecular flexibility index (Phi) is 4.07. The van der Waals surface area contributed by atoms with E-state index in [1.54, 1.807) is 15.2 Å². The molecule has 0 aliphatic rings. The van der Waals surface area contributed by atoms with E-state index < -0.39 is 0 Å². The van der Waals surface area contributed by atoms with Gasteiger partial charge < -0.3 is 5.11 Å². The van der Waals surface area contributed by atoms with Crippen molar-refractivity contribution >= 4 is 16.3 Å². The number of hydrogen-bond donors (Lipinski definition) is 0. The molecular formula is C20H16N2O2S. The predicted molar refractivity (Wildman–Crippen MR) is 96.0 cm³/mol. The minimum Gasteiger partial charge on any atom is -0.842 e. The summed E-state index contributed by atoms with van der Waals surface area (Å²) in [6, 6.07) is 19.4. The highest BCUT2D eigenvalue weighted by Gasteiger charge is 2.20. The number of nitrogens with zero attached hydrogens (tertiary/aromatic N) is 2. The standard InChI is InChI=1S/C20H16N2O2S/c23-18-17(13-15-7-3-1-4-8-15)19(24)22(20-21(18)11-12-25-20)14-16-9-5-2-6-10-16/h1-12H,13-14H2. The third-order valence-electron chi connectivity index (χ3n) is 4.21. The molecule has 2 aromatic carbocycles. The molecule has 0 aliphatic heterocycles. The maximum atomic E-state index is 13.1. The zero-order chi connectivity index (χ0) is 17.2. The molecule has 0 fully saturated rings. The molecular weight excluding hydrogens is 332 g/mol. The second-order valence-corrected chi connectivity index (χ2v) is 6.75. The first kappa shape index (κ1) is 15.6. The van der Waals surface area contributed by atoms with Gasteiger partial charge in [-0.2, -0.15) is 4.40 Å². The van der Waals surface area contributed by atoms with Gasteiger partial charge in [0.05, 0.1) is 11.4 Å². The van der Waals surface area contributed by atoms with Crippen molar-refractivity contribution in [3.63, 3.8) is 0 Å². The Hall–Kier alpha value is -2.92. The van der Waals surface area contributed by atoms with Crippen molar-refractivity contribution in [3.8, 4) is 5.88 Å². The van der Waals surface area contributed by atoms with Crippen LogP contribution in [0.5, 0.6) is 5.88 Å². The minimum absolute atomic E-state index is 0.208. The summed E-state index contributed by atoms with van der Waals surface area (Å²) in [6.45, 7) is 0.450. The van der Waals surface area contributed by atoms with Crippen LogP contribution in [0.3, 0.4) is 0 Å². The summed E-state index contributed by atoms with van der Waals surface area (Å²) >= 11 is 1.40. The SMILES string of the molecule is O=c1c(Cc2ccccc2)c([O-])[n+](Cc2ccccc2)c2sccn12. The van der Waals surface area contributed by atoms with Gasteiger partial charge in [0.1, 0.15) is 12.7 Å². The van der Waals surface area contributed by atoms with Gasteiger partial charge in [0, 0.05) is 11.8 Å². The Morgan fingerprint density at radius 1 is 0.960 bits per heavy atom. The second-order valence-electron chi connectivity index (χ2n) is 5.88. The van der Waals surface area contributed by atoms with Crippen LogP contribution < -0.4 is 15.2 Å². The smallest absolute Gasteiger partial charge is 0.348 e. The maximum Gasteiger partial charge on any atom is 0.348 e. The fourth-order valence-corrected chi connectivity index (χ4v) is 3.80. The molecule has 0 amide bonds. The number of rotatable bonds is 4. The molecule has 0 bridgehead atoms. The lowest BCUT2D eigenvalue weighted by Crippen LogP contribution is -2.44. The quantitative estimate of drug-likeness (QED) is 0.532. The summed E-state index contributed by atoms with van der Waals surface area (Å²) in [7, 11) is 0. The fraction of sp³-hybridized carbons (Fsp3) is 0.100. The van der Waals surface area contributed by atoms with E-state index in [0.717, 1.165) is 11.1 Å². The van der Waals surface area contributed by atoms with E-state index in [9.17, 15) is 9.90 Å². The van der Waals surface area contributed by atoms with E-state index >= 15 is 0 Å². The van der Waals surface area contributed by atoms with Crippen molar-refractivity contribution in [2.24, 2.45) is 0 Å². The van der Waals surface area contributed by atoms with Gasteiger partial charge in [0.25, 0.3) is 0 Å². The van der Waals surface area contributed by atoms with Crippen LogP contribution in [0, 0.1) is 0 Å². The Bertz CT molecular complexity index is 1070. The Balaban J connectivity index is 1.87. The molecule has 0 saturated heterocycles. The van der Waals surface area contributed by atoms with E-state index in [0.29, 0.717) is 23.5 Å². The highest BCUT2D eigenvalue weighted by atomic mass is 32.1. The minimum atomic E-state index is -0.227. The summed E-state index contributed by atoms with van der Waals surface area (Å²) in [5, 5.41) is 14.9. The van der Waals surface area contributed by atoms with E-state index in [1.807, 2.05) is 66.0 Å². The largest absolute Gasteiger partial charge is 0.842 e. The lowest BCUT2D eigenvalue weighted by atomic mass is 10.1. The Morgan fingerprint density at radius 3 is 2.28 bits per heavy atom. The average molecular weight is 348 g/mol. The Labute approximate surface area is 148 Å². The summed E-state index contributed by atoms with van der Waals surface area (Å²) in [5.74, 6) is -0.208. The van der Waals surface area contributed by atoms with Gasteiger partial charge in [-0.1, -0.05) is 72.0 Å². The first-order chi connectivity index (χ1) is 12.2. The first-order valence-electron chi connectivity index (χ1n) is 8.03. The highest BCUT2D eigenvalue weighted by Crippen LogP contribution is 2.15. The van der Waals surface area contributed by atoms with Gasteiger partial charge in [0.15, 0.2) is 0 Å². The van der Waals surface area contributed by atoms with E-state index in [-0.39, 0.29) is 11.4 Å². The van der Waals surface area contributed by atoms with Crippen molar-refractivity contribution < 1.29 is 9.67 Å². The van der Waals surface area contributed by atoms with Crippen molar-refractivity contribution in [2.75, 3.05) is 0 Å². The van der Waals surface area contributed by atoms with Crippen molar-refractivity contribution in [1.29, 1.82) is 0 Å². The summed E-state index contributed by atoms with van der Waals surface area (Å²) < 4.78 is 3.27. The van der Waals surface area contributed by atoms with Gasteiger partial charge in [-0.25, -0.2) is 9.36 Å². The van der Waals surface area contributed by atoms with Gasteiger partial charge in [0.2, 0.25) is 0 Å². The van der Waals surface area contributed by atoms with Crippen LogP contribution in [-0.2, 0) is 13.0 Å². The molecule has 5 heteroatoms. The molecule has 4 nitrogen and oxygen atoms in total. The number of fused-ring (bicyclic) bond motifs is 1. The van der Waals surface area contributed by atoms with Gasteiger partial charge in [-0.3, -0.25) is 0 Å². The number of aromatic nitrogens is 2. The average Bonchev–Trinajstić information content (AvgIpc) is 3.14. The topological polar surface area (TPSA) is 48.4 Å². The molecule has 4 rings (SSSR count). The van der Waals surface area contributed by atoms with Crippen LogP contribution in [-0.4, -0.2) is 4.40 Å². The highest BCUT2D eigenvalue weighted by molar-refractivity contribution is 7.14. The third kappa shape index (κ3) is 2.94. The normalized spacial score (nSPS) is 11.0. The monoisotopic (exact) mass is 348 g/mol. The predicted octanol–water partition coefficient (Wildman–Crippen LogP) is 2.36. The zero-order valence-electron chi connectivity index (χ0n) is 13.5. The maximum absolute atomic E-state index is 13.1. The van der Waals surface area contributed by atoms with Gasteiger partial charge in [-0.15, -0.1) is 0 Å². The van der Waals surface area contributed by atoms with Crippen LogP contribution in [0.2, 0.25) is 0 Å². The Morgan fingerprint density at radius 2 is 1.60 bits per heavy atom. The molecule has 4 aromatic rings. The number of thiazole rings is 1. The molecule has 0 N–H and O–H groups in total. The molecule has 124 valence electrons. The number of benzene rings is 2. The molecule has 0 saturated carbocycles. The second kappa shape index (κ2) is 6.53. The number of hydrogen-bond acceptors (Lipinski definition) is 3. The van der Waals surface area contributed by atoms with Crippen LogP contribution >= 0.6 is 11.3 Å². The van der Waals surface area contributed by atoms with Gasteiger partial charge in [-0.05, 0) is 11.1 Å². The van der Waals surface area contributed by atoms with Crippen molar-refractivity contribution in [2.45, 2.75) is 13.0 Å². The van der Waals surface area contributed by atoms with Crippen molar-refractivity contribution in [1.82, 2.24) is 4.40 Å². The summed E-state index contributed by atoms with van der Waals surface area (Å²) in [6.07, 6.45) is 2.07. The van der Waals surface area contributed by atoms with Crippen molar-refractivity contribution in [3.05, 3.63) is 99.3 Å². The van der Waals surface area contributed by atoms with E-state index in [1.165, 1.54) is 11.3 Å². The van der Waals surface area contributed by atoms with Gasteiger partial charge >= 0.3 is 10.5 Å². The molecule has 0 radical (unpaired) electrons. The molecule has 2 aromatic heterocycles. The zero-order valence-corrected chi connectivity index (χ0v) is 14.3.